The van der Waals surface area contributed by atoms with Gasteiger partial charge in [-0.15, -0.1) is 6.58 Å². The summed E-state index contributed by atoms with van der Waals surface area (Å²) in [6, 6.07) is 7.35. The molecule has 0 aliphatic carbocycles. The highest BCUT2D eigenvalue weighted by atomic mass is 16.5. The number of likely N-dealkylation sites (N-methyl/N-ethyl adjacent to an activating group) is 1. The van der Waals surface area contributed by atoms with E-state index in [4.69, 9.17) is 4.74 Å². The molecule has 0 spiro atoms. The molecule has 2 aliphatic heterocycles. The molecule has 6 heteroatoms. The molecule has 0 N–H and O–H groups in total. The van der Waals surface area contributed by atoms with Crippen LogP contribution in [-0.2, 0) is 9.59 Å². The van der Waals surface area contributed by atoms with Crippen LogP contribution in [0.1, 0.15) is 12.5 Å². The van der Waals surface area contributed by atoms with Gasteiger partial charge in [-0.2, -0.15) is 0 Å². The van der Waals surface area contributed by atoms with Crippen LogP contribution < -0.4 is 4.74 Å². The number of nitrogens with zero attached hydrogens (tertiary/aromatic N) is 3. The highest BCUT2D eigenvalue weighted by Gasteiger charge is 2.42. The zero-order valence-corrected chi connectivity index (χ0v) is 15.4. The van der Waals surface area contributed by atoms with E-state index < -0.39 is 0 Å². The lowest BCUT2D eigenvalue weighted by Crippen LogP contribution is -2.47. The quantitative estimate of drug-likeness (QED) is 0.573. The van der Waals surface area contributed by atoms with Crippen LogP contribution in [-0.4, -0.2) is 72.9 Å². The van der Waals surface area contributed by atoms with E-state index in [0.717, 1.165) is 32.7 Å². The largest absolute Gasteiger partial charge is 0.496 e. The van der Waals surface area contributed by atoms with Gasteiger partial charge in [0.1, 0.15) is 11.4 Å². The van der Waals surface area contributed by atoms with Crippen molar-refractivity contribution in [3.8, 4) is 5.75 Å². The van der Waals surface area contributed by atoms with E-state index in [1.54, 1.807) is 13.2 Å². The van der Waals surface area contributed by atoms with Gasteiger partial charge < -0.3 is 14.5 Å². The number of imide groups is 1. The fourth-order valence-corrected chi connectivity index (χ4v) is 3.53. The third-order valence-corrected chi connectivity index (χ3v) is 4.97. The molecular weight excluding hydrogens is 330 g/mol. The Labute approximate surface area is 154 Å². The Morgan fingerprint density at radius 3 is 2.42 bits per heavy atom. The van der Waals surface area contributed by atoms with Crippen LogP contribution in [0.3, 0.4) is 0 Å². The predicted octanol–water partition coefficient (Wildman–Crippen LogP) is 1.60. The molecule has 0 aromatic heterocycles. The number of carbonyl (C=O) groups excluding carboxylic acids is 2. The molecule has 26 heavy (non-hydrogen) atoms. The van der Waals surface area contributed by atoms with Crippen LogP contribution in [0.25, 0.3) is 5.57 Å². The summed E-state index contributed by atoms with van der Waals surface area (Å²) in [4.78, 5) is 31.7. The SMILES string of the molecule is C=CCN1C(=O)C(c2ccccc2OC)=C(N2CCN(CC)CC2)C1=O. The molecule has 1 saturated heterocycles. The smallest absolute Gasteiger partial charge is 0.278 e. The van der Waals surface area contributed by atoms with E-state index in [1.165, 1.54) is 4.90 Å². The number of hydrogen-bond acceptors (Lipinski definition) is 5. The molecule has 0 unspecified atom stereocenters. The van der Waals surface area contributed by atoms with Crippen LogP contribution in [0, 0.1) is 0 Å². The monoisotopic (exact) mass is 355 g/mol. The fraction of sp³-hybridized carbons (Fsp3) is 0.400. The highest BCUT2D eigenvalue weighted by Crippen LogP contribution is 2.36. The predicted molar refractivity (Wildman–Crippen MR) is 101 cm³/mol. The molecule has 0 atom stereocenters. The summed E-state index contributed by atoms with van der Waals surface area (Å²) >= 11 is 0. The van der Waals surface area contributed by atoms with Gasteiger partial charge in [0.05, 0.1) is 12.7 Å². The lowest BCUT2D eigenvalue weighted by molar-refractivity contribution is -0.137. The molecule has 2 heterocycles. The number of hydrogen-bond donors (Lipinski definition) is 0. The molecule has 0 bridgehead atoms. The van der Waals surface area contributed by atoms with Crippen LogP contribution in [0.4, 0.5) is 0 Å². The summed E-state index contributed by atoms with van der Waals surface area (Å²) in [6.45, 7) is 10.2. The van der Waals surface area contributed by atoms with Crippen molar-refractivity contribution >= 4 is 17.4 Å². The van der Waals surface area contributed by atoms with E-state index in [2.05, 4.69) is 18.4 Å². The zero-order chi connectivity index (χ0) is 18.7. The first kappa shape index (κ1) is 18.2. The third kappa shape index (κ3) is 3.12. The van der Waals surface area contributed by atoms with Gasteiger partial charge >= 0.3 is 0 Å². The Kier molecular flexibility index (Phi) is 5.42. The summed E-state index contributed by atoms with van der Waals surface area (Å²) in [5.41, 5.74) is 1.57. The van der Waals surface area contributed by atoms with Crippen molar-refractivity contribution in [2.24, 2.45) is 0 Å². The second-order valence-corrected chi connectivity index (χ2v) is 6.35. The molecule has 0 saturated carbocycles. The van der Waals surface area contributed by atoms with E-state index >= 15 is 0 Å². The first-order chi connectivity index (χ1) is 12.6. The highest BCUT2D eigenvalue weighted by molar-refractivity contribution is 6.36. The Hall–Kier alpha value is -2.60. The number of methoxy groups -OCH3 is 1. The van der Waals surface area contributed by atoms with Crippen LogP contribution in [0.2, 0.25) is 0 Å². The second-order valence-electron chi connectivity index (χ2n) is 6.35. The number of amides is 2. The van der Waals surface area contributed by atoms with Gasteiger partial charge in [-0.3, -0.25) is 14.5 Å². The molecule has 1 fully saturated rings. The molecule has 2 aliphatic rings. The van der Waals surface area contributed by atoms with E-state index in [0.29, 0.717) is 22.6 Å². The topological polar surface area (TPSA) is 53.1 Å². The van der Waals surface area contributed by atoms with Crippen molar-refractivity contribution in [1.82, 2.24) is 14.7 Å². The standard InChI is InChI=1S/C20H25N3O3/c1-4-10-23-19(24)17(15-8-6-7-9-16(15)26-3)18(20(23)25)22-13-11-21(5-2)12-14-22/h4,6-9H,1,5,10-14H2,2-3H3. The summed E-state index contributed by atoms with van der Waals surface area (Å²) in [5, 5.41) is 0. The maximum Gasteiger partial charge on any atom is 0.278 e. The molecule has 2 amide bonds. The minimum Gasteiger partial charge on any atom is -0.496 e. The number of piperazine rings is 1. The van der Waals surface area contributed by atoms with Gasteiger partial charge in [0, 0.05) is 38.3 Å². The number of carbonyl (C=O) groups is 2. The molecule has 6 nitrogen and oxygen atoms in total. The number of para-hydroxylation sites is 1. The van der Waals surface area contributed by atoms with E-state index in [-0.39, 0.29) is 18.4 Å². The number of rotatable bonds is 6. The first-order valence-corrected chi connectivity index (χ1v) is 8.94. The Morgan fingerprint density at radius 1 is 1.12 bits per heavy atom. The van der Waals surface area contributed by atoms with Gasteiger partial charge in [0.25, 0.3) is 11.8 Å². The van der Waals surface area contributed by atoms with Gasteiger partial charge in [-0.1, -0.05) is 31.2 Å². The Morgan fingerprint density at radius 2 is 1.81 bits per heavy atom. The van der Waals surface area contributed by atoms with Crippen molar-refractivity contribution in [2.75, 3.05) is 46.4 Å². The zero-order valence-electron chi connectivity index (χ0n) is 15.4. The average molecular weight is 355 g/mol. The third-order valence-electron chi connectivity index (χ3n) is 4.97. The van der Waals surface area contributed by atoms with Gasteiger partial charge in [-0.05, 0) is 12.6 Å². The summed E-state index contributed by atoms with van der Waals surface area (Å²) in [7, 11) is 1.57. The first-order valence-electron chi connectivity index (χ1n) is 8.94. The van der Waals surface area contributed by atoms with Crippen molar-refractivity contribution in [1.29, 1.82) is 0 Å². The van der Waals surface area contributed by atoms with Crippen molar-refractivity contribution in [3.63, 3.8) is 0 Å². The van der Waals surface area contributed by atoms with Crippen LogP contribution >= 0.6 is 0 Å². The Balaban J connectivity index is 2.06. The normalized spacial score (nSPS) is 18.7. The van der Waals surface area contributed by atoms with Gasteiger partial charge in [-0.25, -0.2) is 0 Å². The van der Waals surface area contributed by atoms with E-state index in [1.807, 2.05) is 29.2 Å². The molecular formula is C20H25N3O3. The summed E-state index contributed by atoms with van der Waals surface area (Å²) < 4.78 is 5.44. The number of benzene rings is 1. The molecule has 1 aromatic carbocycles. The van der Waals surface area contributed by atoms with Crippen LogP contribution in [0.15, 0.2) is 42.6 Å². The summed E-state index contributed by atoms with van der Waals surface area (Å²) in [5.74, 6) is 0.0573. The molecule has 138 valence electrons. The summed E-state index contributed by atoms with van der Waals surface area (Å²) in [6.07, 6.45) is 1.58. The molecule has 1 aromatic rings. The lowest BCUT2D eigenvalue weighted by Gasteiger charge is -2.36. The minimum atomic E-state index is -0.285. The van der Waals surface area contributed by atoms with Crippen LogP contribution in [0.5, 0.6) is 5.75 Å². The van der Waals surface area contributed by atoms with Gasteiger partial charge in [0.15, 0.2) is 0 Å². The fourth-order valence-electron chi connectivity index (χ4n) is 3.53. The maximum absolute atomic E-state index is 13.1. The maximum atomic E-state index is 13.1. The molecule has 3 rings (SSSR count). The van der Waals surface area contributed by atoms with Gasteiger partial charge in [0.2, 0.25) is 0 Å². The average Bonchev–Trinajstić information content (AvgIpc) is 2.93. The van der Waals surface area contributed by atoms with Crippen molar-refractivity contribution < 1.29 is 14.3 Å². The molecule has 0 radical (unpaired) electrons. The minimum absolute atomic E-state index is 0.203. The van der Waals surface area contributed by atoms with Crippen molar-refractivity contribution in [3.05, 3.63) is 48.2 Å². The van der Waals surface area contributed by atoms with E-state index in [9.17, 15) is 9.59 Å². The second kappa shape index (κ2) is 7.74. The van der Waals surface area contributed by atoms with Crippen molar-refractivity contribution in [2.45, 2.75) is 6.92 Å². The lowest BCUT2D eigenvalue weighted by atomic mass is 10.0. The Bertz CT molecular complexity index is 748. The number of ether oxygens (including phenoxy) is 1.